The average Bonchev–Trinajstić information content (AvgIpc) is 2.87. The number of fused-ring (bicyclic) bond motifs is 1. The van der Waals surface area contributed by atoms with E-state index < -0.39 is 27.3 Å². The molecule has 9 nitrogen and oxygen atoms in total. The number of cyclic esters (lactones) is 1. The van der Waals surface area contributed by atoms with Crippen molar-refractivity contribution in [3.05, 3.63) is 53.6 Å². The standard InChI is InChI=1S/C26H36BrN3O6S/c1-5-26(6-2)19-9-7-8-10-21(19)30(24(33)36-26)14-13-25(3,4)28-16-23(32)18-11-12-22(31)20(15-18)29-37(34,35)17-27/h7-12,15,23,28-29,31-32H,5-6,13-14,16-17H2,1-4H3/t23-/m0/s1. The molecule has 1 aliphatic rings. The van der Waals surface area contributed by atoms with Crippen LogP contribution in [0.5, 0.6) is 5.75 Å². The number of alkyl halides is 1. The van der Waals surface area contributed by atoms with E-state index in [9.17, 15) is 23.4 Å². The summed E-state index contributed by atoms with van der Waals surface area (Å²) in [4.78, 5) is 14.7. The van der Waals surface area contributed by atoms with Crippen molar-refractivity contribution in [2.45, 2.75) is 64.2 Å². The Morgan fingerprint density at radius 2 is 1.84 bits per heavy atom. The summed E-state index contributed by atoms with van der Waals surface area (Å²) in [6.07, 6.45) is 0.659. The summed E-state index contributed by atoms with van der Waals surface area (Å²) in [6, 6.07) is 12.1. The zero-order chi connectivity index (χ0) is 27.4. The Morgan fingerprint density at radius 1 is 1.16 bits per heavy atom. The highest BCUT2D eigenvalue weighted by Crippen LogP contribution is 2.43. The molecule has 0 aromatic heterocycles. The van der Waals surface area contributed by atoms with Crippen LogP contribution >= 0.6 is 15.9 Å². The molecule has 2 aromatic carbocycles. The van der Waals surface area contributed by atoms with E-state index in [1.807, 2.05) is 52.0 Å². The number of phenols is 1. The lowest BCUT2D eigenvalue weighted by molar-refractivity contribution is -0.00134. The number of rotatable bonds is 12. The molecular weight excluding hydrogens is 562 g/mol. The molecule has 1 atom stereocenters. The van der Waals surface area contributed by atoms with Crippen LogP contribution in [0, 0.1) is 0 Å². The monoisotopic (exact) mass is 597 g/mol. The Hall–Kier alpha value is -2.34. The minimum Gasteiger partial charge on any atom is -0.506 e. The number of sulfonamides is 1. The molecule has 1 aliphatic heterocycles. The number of carbonyl (C=O) groups is 1. The van der Waals surface area contributed by atoms with Gasteiger partial charge >= 0.3 is 6.09 Å². The third kappa shape index (κ3) is 6.76. The summed E-state index contributed by atoms with van der Waals surface area (Å²) in [5.41, 5.74) is 1.25. The zero-order valence-electron chi connectivity index (χ0n) is 21.6. The fourth-order valence-corrected chi connectivity index (χ4v) is 5.36. The van der Waals surface area contributed by atoms with Crippen molar-refractivity contribution in [3.63, 3.8) is 0 Å². The Labute approximate surface area is 227 Å². The fourth-order valence-electron chi connectivity index (χ4n) is 4.46. The van der Waals surface area contributed by atoms with Crippen LogP contribution in [0.15, 0.2) is 42.5 Å². The van der Waals surface area contributed by atoms with Crippen molar-refractivity contribution in [2.75, 3.05) is 27.4 Å². The number of phenolic OH excluding ortho intramolecular Hbond substituents is 1. The van der Waals surface area contributed by atoms with Gasteiger partial charge in [0.15, 0.2) is 0 Å². The van der Waals surface area contributed by atoms with E-state index in [1.165, 1.54) is 18.2 Å². The second kappa shape index (κ2) is 11.6. The number of β-amino-alcohol motifs (C(OH)–C–C–N with tert-alkyl or cyclic N) is 1. The number of benzene rings is 2. The molecule has 0 unspecified atom stereocenters. The predicted molar refractivity (Wildman–Crippen MR) is 149 cm³/mol. The van der Waals surface area contributed by atoms with Gasteiger partial charge in [-0.1, -0.05) is 54.0 Å². The number of amides is 1. The van der Waals surface area contributed by atoms with Crippen molar-refractivity contribution in [1.82, 2.24) is 5.32 Å². The first kappa shape index (κ1) is 29.2. The van der Waals surface area contributed by atoms with E-state index in [0.717, 1.165) is 11.3 Å². The molecule has 204 valence electrons. The second-order valence-electron chi connectivity index (χ2n) is 9.87. The minimum absolute atomic E-state index is 0.00669. The lowest BCUT2D eigenvalue weighted by Gasteiger charge is -2.42. The highest BCUT2D eigenvalue weighted by atomic mass is 79.9. The lowest BCUT2D eigenvalue weighted by atomic mass is 9.85. The van der Waals surface area contributed by atoms with Crippen LogP contribution < -0.4 is 14.9 Å². The third-order valence-corrected chi connectivity index (χ3v) is 9.51. The number of nitrogens with one attached hydrogen (secondary N) is 2. The minimum atomic E-state index is -3.66. The van der Waals surface area contributed by atoms with E-state index in [4.69, 9.17) is 4.74 Å². The van der Waals surface area contributed by atoms with Crippen molar-refractivity contribution in [1.29, 1.82) is 0 Å². The summed E-state index contributed by atoms with van der Waals surface area (Å²) in [5.74, 6) is -0.238. The van der Waals surface area contributed by atoms with Gasteiger partial charge in [0.25, 0.3) is 0 Å². The molecule has 37 heavy (non-hydrogen) atoms. The number of anilines is 2. The molecule has 0 bridgehead atoms. The number of nitrogens with zero attached hydrogens (tertiary/aromatic N) is 1. The molecule has 0 saturated carbocycles. The Morgan fingerprint density at radius 3 is 2.49 bits per heavy atom. The van der Waals surface area contributed by atoms with Crippen molar-refractivity contribution < 1.29 is 28.2 Å². The maximum Gasteiger partial charge on any atom is 0.415 e. The maximum atomic E-state index is 13.0. The van der Waals surface area contributed by atoms with Crippen LogP contribution in [0.4, 0.5) is 16.2 Å². The molecule has 0 saturated heterocycles. The van der Waals surface area contributed by atoms with Gasteiger partial charge in [-0.2, -0.15) is 0 Å². The van der Waals surface area contributed by atoms with Crippen LogP contribution in [0.3, 0.4) is 0 Å². The first-order chi connectivity index (χ1) is 17.4. The number of halogens is 1. The summed E-state index contributed by atoms with van der Waals surface area (Å²) in [7, 11) is -3.66. The summed E-state index contributed by atoms with van der Waals surface area (Å²) < 4.78 is 31.6. The maximum absolute atomic E-state index is 13.0. The Bertz CT molecular complexity index is 1220. The van der Waals surface area contributed by atoms with Crippen LogP contribution in [0.2, 0.25) is 0 Å². The highest BCUT2D eigenvalue weighted by Gasteiger charge is 2.42. The van der Waals surface area contributed by atoms with E-state index in [0.29, 0.717) is 31.4 Å². The van der Waals surface area contributed by atoms with E-state index >= 15 is 0 Å². The molecule has 4 N–H and O–H groups in total. The summed E-state index contributed by atoms with van der Waals surface area (Å²) in [6.45, 7) is 8.61. The van der Waals surface area contributed by atoms with Gasteiger partial charge in [-0.15, -0.1) is 0 Å². The molecule has 2 aromatic rings. The fraction of sp³-hybridized carbons (Fsp3) is 0.500. The van der Waals surface area contributed by atoms with Crippen LogP contribution in [0.25, 0.3) is 0 Å². The van der Waals surface area contributed by atoms with E-state index in [1.54, 1.807) is 4.90 Å². The second-order valence-corrected chi connectivity index (χ2v) is 12.9. The number of hydrogen-bond acceptors (Lipinski definition) is 7. The van der Waals surface area contributed by atoms with Gasteiger partial charge in [-0.25, -0.2) is 13.2 Å². The predicted octanol–water partition coefficient (Wildman–Crippen LogP) is 4.95. The molecule has 0 fully saturated rings. The average molecular weight is 599 g/mol. The largest absolute Gasteiger partial charge is 0.506 e. The van der Waals surface area contributed by atoms with Crippen LogP contribution in [-0.2, 0) is 20.4 Å². The number of hydrogen-bond donors (Lipinski definition) is 4. The lowest BCUT2D eigenvalue weighted by Crippen LogP contribution is -2.49. The first-order valence-corrected chi connectivity index (χ1v) is 15.1. The summed E-state index contributed by atoms with van der Waals surface area (Å²) in [5, 5.41) is 24.1. The van der Waals surface area contributed by atoms with Crippen LogP contribution in [0.1, 0.15) is 64.2 Å². The number of para-hydroxylation sites is 1. The molecule has 0 spiro atoms. The van der Waals surface area contributed by atoms with E-state index in [-0.39, 0.29) is 28.7 Å². The van der Waals surface area contributed by atoms with Gasteiger partial charge in [0, 0.05) is 24.2 Å². The molecule has 1 heterocycles. The molecule has 3 rings (SSSR count). The van der Waals surface area contributed by atoms with Gasteiger partial charge in [0.2, 0.25) is 10.0 Å². The number of aromatic hydroxyl groups is 1. The Balaban J connectivity index is 1.67. The van der Waals surface area contributed by atoms with Gasteiger partial charge in [-0.05, 0) is 56.9 Å². The molecule has 11 heteroatoms. The topological polar surface area (TPSA) is 128 Å². The Kier molecular flexibility index (Phi) is 9.15. The molecule has 1 amide bonds. The third-order valence-electron chi connectivity index (χ3n) is 6.88. The number of ether oxygens (including phenoxy) is 1. The van der Waals surface area contributed by atoms with Gasteiger partial charge in [0.1, 0.15) is 16.0 Å². The van der Waals surface area contributed by atoms with E-state index in [2.05, 4.69) is 26.0 Å². The first-order valence-electron chi connectivity index (χ1n) is 12.3. The SMILES string of the molecule is CCC1(CC)OC(=O)N(CCC(C)(C)NC[C@H](O)c2ccc(O)c(NS(=O)(=O)CBr)c2)c2ccccc21. The van der Waals surface area contributed by atoms with Crippen molar-refractivity contribution >= 4 is 43.4 Å². The van der Waals surface area contributed by atoms with Crippen LogP contribution in [-0.4, -0.2) is 48.0 Å². The molecular formula is C26H36BrN3O6S. The highest BCUT2D eigenvalue weighted by molar-refractivity contribution is 9.10. The smallest absolute Gasteiger partial charge is 0.415 e. The van der Waals surface area contributed by atoms with Gasteiger partial charge in [0.05, 0.1) is 17.5 Å². The number of aliphatic hydroxyl groups excluding tert-OH is 1. The number of aliphatic hydroxyl groups is 1. The number of carbonyl (C=O) groups excluding carboxylic acids is 1. The normalized spacial score (nSPS) is 16.2. The van der Waals surface area contributed by atoms with Gasteiger partial charge in [-0.3, -0.25) is 9.62 Å². The molecule has 0 aliphatic carbocycles. The van der Waals surface area contributed by atoms with Crippen molar-refractivity contribution in [2.24, 2.45) is 0 Å². The quantitative estimate of drug-likeness (QED) is 0.201. The summed E-state index contributed by atoms with van der Waals surface area (Å²) >= 11 is 2.89. The molecule has 0 radical (unpaired) electrons. The van der Waals surface area contributed by atoms with Gasteiger partial charge < -0.3 is 20.3 Å². The zero-order valence-corrected chi connectivity index (χ0v) is 24.0. The van der Waals surface area contributed by atoms with Crippen molar-refractivity contribution in [3.8, 4) is 5.75 Å².